The molecule has 1 aromatic carbocycles. The quantitative estimate of drug-likeness (QED) is 0.469. The molecule has 2 bridgehead atoms. The van der Waals surface area contributed by atoms with Gasteiger partial charge in [0.2, 0.25) is 11.8 Å². The third kappa shape index (κ3) is 3.38. The number of carbonyl (C=O) groups excluding carboxylic acids is 2. The van der Waals surface area contributed by atoms with E-state index in [1.807, 2.05) is 0 Å². The Labute approximate surface area is 186 Å². The fourth-order valence-electron chi connectivity index (χ4n) is 5.46. The van der Waals surface area contributed by atoms with E-state index in [-0.39, 0.29) is 5.69 Å². The summed E-state index contributed by atoms with van der Waals surface area (Å²) in [6.07, 6.45) is -3.88. The van der Waals surface area contributed by atoms with Crippen LogP contribution in [0.25, 0.3) is 0 Å². The number of amides is 2. The molecule has 10 heteroatoms. The van der Waals surface area contributed by atoms with Crippen molar-refractivity contribution in [1.29, 1.82) is 5.26 Å². The minimum absolute atomic E-state index is 0.169. The molecule has 0 radical (unpaired) electrons. The maximum atomic E-state index is 13.4. The molecule has 4 rings (SSSR count). The normalized spacial score (nSPS) is 33.0. The van der Waals surface area contributed by atoms with Crippen molar-refractivity contribution in [2.75, 3.05) is 29.9 Å². The number of morpholine rings is 1. The number of anilines is 1. The van der Waals surface area contributed by atoms with E-state index in [4.69, 9.17) is 10.00 Å². The molecule has 6 nitrogen and oxygen atoms in total. The SMILES string of the molecule is CC12CN(CCCBr)CC(C)(O1)C1C(=O)N(c3ccc(C#N)c(C(F)(F)F)c3)C(=O)C12. The van der Waals surface area contributed by atoms with E-state index >= 15 is 0 Å². The molecular formula is C21H21BrF3N3O3. The van der Waals surface area contributed by atoms with Crippen molar-refractivity contribution in [3.8, 4) is 6.07 Å². The highest BCUT2D eigenvalue weighted by molar-refractivity contribution is 9.09. The molecule has 3 aliphatic heterocycles. The molecule has 1 aromatic rings. The third-order valence-electron chi connectivity index (χ3n) is 6.46. The molecule has 2 amide bonds. The van der Waals surface area contributed by atoms with Gasteiger partial charge in [0, 0.05) is 18.4 Å². The number of rotatable bonds is 4. The van der Waals surface area contributed by atoms with E-state index in [0.29, 0.717) is 19.2 Å². The van der Waals surface area contributed by atoms with Crippen LogP contribution in [-0.4, -0.2) is 52.9 Å². The van der Waals surface area contributed by atoms with Crippen LogP contribution in [0.3, 0.4) is 0 Å². The van der Waals surface area contributed by atoms with Crippen LogP contribution in [0.1, 0.15) is 31.4 Å². The second kappa shape index (κ2) is 7.29. The first-order valence-corrected chi connectivity index (χ1v) is 11.0. The predicted octanol–water partition coefficient (Wildman–Crippen LogP) is 3.33. The lowest BCUT2D eigenvalue weighted by Crippen LogP contribution is -2.58. The summed E-state index contributed by atoms with van der Waals surface area (Å²) in [5.41, 5.74) is -3.72. The largest absolute Gasteiger partial charge is 0.417 e. The Morgan fingerprint density at radius 3 is 2.26 bits per heavy atom. The number of nitrogens with zero attached hydrogens (tertiary/aromatic N) is 3. The summed E-state index contributed by atoms with van der Waals surface area (Å²) >= 11 is 3.41. The Morgan fingerprint density at radius 1 is 1.19 bits per heavy atom. The number of nitriles is 1. The van der Waals surface area contributed by atoms with Crippen LogP contribution < -0.4 is 4.90 Å². The topological polar surface area (TPSA) is 73.6 Å². The van der Waals surface area contributed by atoms with Crippen molar-refractivity contribution in [2.45, 2.75) is 37.6 Å². The molecule has 0 aliphatic carbocycles. The molecule has 31 heavy (non-hydrogen) atoms. The Balaban J connectivity index is 1.72. The van der Waals surface area contributed by atoms with Gasteiger partial charge in [0.05, 0.1) is 45.9 Å². The molecule has 3 heterocycles. The molecule has 4 atom stereocenters. The van der Waals surface area contributed by atoms with Crippen molar-refractivity contribution in [3.63, 3.8) is 0 Å². The first kappa shape index (κ1) is 22.2. The molecule has 166 valence electrons. The fraction of sp³-hybridized carbons (Fsp3) is 0.571. The molecule has 4 unspecified atom stereocenters. The number of carbonyl (C=O) groups is 2. The highest BCUT2D eigenvalue weighted by Crippen LogP contribution is 2.55. The Hall–Kier alpha value is -1.96. The van der Waals surface area contributed by atoms with Gasteiger partial charge in [0.15, 0.2) is 0 Å². The van der Waals surface area contributed by atoms with Gasteiger partial charge in [-0.15, -0.1) is 0 Å². The average Bonchev–Trinajstić information content (AvgIpc) is 3.05. The van der Waals surface area contributed by atoms with Crippen molar-refractivity contribution in [3.05, 3.63) is 29.3 Å². The van der Waals surface area contributed by atoms with Crippen LogP contribution in [0, 0.1) is 23.2 Å². The Morgan fingerprint density at radius 2 is 1.77 bits per heavy atom. The zero-order chi connectivity index (χ0) is 22.8. The Bertz CT molecular complexity index is 958. The molecule has 3 fully saturated rings. The van der Waals surface area contributed by atoms with Gasteiger partial charge in [-0.05, 0) is 45.0 Å². The number of benzene rings is 1. The highest BCUT2D eigenvalue weighted by Gasteiger charge is 2.71. The van der Waals surface area contributed by atoms with Crippen LogP contribution in [0.2, 0.25) is 0 Å². The van der Waals surface area contributed by atoms with Gasteiger partial charge in [-0.3, -0.25) is 14.5 Å². The molecular weight excluding hydrogens is 479 g/mol. The van der Waals surface area contributed by atoms with Crippen molar-refractivity contribution < 1.29 is 27.5 Å². The third-order valence-corrected chi connectivity index (χ3v) is 7.02. The lowest BCUT2D eigenvalue weighted by Gasteiger charge is -2.45. The number of alkyl halides is 4. The van der Waals surface area contributed by atoms with Crippen molar-refractivity contribution >= 4 is 33.4 Å². The van der Waals surface area contributed by atoms with Crippen LogP contribution in [-0.2, 0) is 20.5 Å². The summed E-state index contributed by atoms with van der Waals surface area (Å²) in [6.45, 7) is 5.31. The summed E-state index contributed by atoms with van der Waals surface area (Å²) in [5.74, 6) is -2.66. The van der Waals surface area contributed by atoms with E-state index < -0.39 is 52.2 Å². The summed E-state index contributed by atoms with van der Waals surface area (Å²) in [6, 6.07) is 4.43. The van der Waals surface area contributed by atoms with Crippen LogP contribution in [0.15, 0.2) is 18.2 Å². The number of hydrogen-bond donors (Lipinski definition) is 0. The molecule has 0 N–H and O–H groups in total. The van der Waals surface area contributed by atoms with E-state index in [1.54, 1.807) is 13.8 Å². The van der Waals surface area contributed by atoms with Gasteiger partial charge in [-0.25, -0.2) is 4.90 Å². The first-order chi connectivity index (χ1) is 14.4. The first-order valence-electron chi connectivity index (χ1n) is 9.93. The highest BCUT2D eigenvalue weighted by atomic mass is 79.9. The molecule has 3 saturated heterocycles. The number of ether oxygens (including phenoxy) is 1. The van der Waals surface area contributed by atoms with Gasteiger partial charge in [-0.2, -0.15) is 18.4 Å². The minimum Gasteiger partial charge on any atom is -0.365 e. The summed E-state index contributed by atoms with van der Waals surface area (Å²) < 4.78 is 46.5. The smallest absolute Gasteiger partial charge is 0.365 e. The van der Waals surface area contributed by atoms with Gasteiger partial charge < -0.3 is 4.74 Å². The van der Waals surface area contributed by atoms with Gasteiger partial charge >= 0.3 is 6.18 Å². The maximum absolute atomic E-state index is 13.4. The van der Waals surface area contributed by atoms with Crippen molar-refractivity contribution in [1.82, 2.24) is 4.90 Å². The lowest BCUT2D eigenvalue weighted by molar-refractivity contribution is -0.169. The molecule has 3 aliphatic rings. The molecule has 0 aromatic heterocycles. The van der Waals surface area contributed by atoms with Gasteiger partial charge in [0.1, 0.15) is 0 Å². The van der Waals surface area contributed by atoms with Crippen molar-refractivity contribution in [2.24, 2.45) is 11.8 Å². The second-order valence-electron chi connectivity index (χ2n) is 8.79. The predicted molar refractivity (Wildman–Crippen MR) is 108 cm³/mol. The number of fused-ring (bicyclic) bond motifs is 5. The standard InChI is InChI=1S/C21H21BrF3N3O3/c1-19-10-27(7-3-6-22)11-20(2,31-19)16-15(19)17(29)28(18(16)30)13-5-4-12(9-26)14(8-13)21(23,24)25/h4-5,8,15-16H,3,6-7,10-11H2,1-2H3. The van der Waals surface area contributed by atoms with Crippen LogP contribution >= 0.6 is 15.9 Å². The average molecular weight is 500 g/mol. The lowest BCUT2D eigenvalue weighted by atomic mass is 9.79. The maximum Gasteiger partial charge on any atom is 0.417 e. The number of imide groups is 1. The Kier molecular flexibility index (Phi) is 5.23. The number of likely N-dealkylation sites (tertiary alicyclic amines) is 1. The molecule has 0 saturated carbocycles. The van der Waals surface area contributed by atoms with Crippen LogP contribution in [0.5, 0.6) is 0 Å². The zero-order valence-corrected chi connectivity index (χ0v) is 18.6. The zero-order valence-electron chi connectivity index (χ0n) is 17.0. The minimum atomic E-state index is -4.78. The number of halogens is 4. The van der Waals surface area contributed by atoms with E-state index in [1.165, 1.54) is 12.1 Å². The van der Waals surface area contributed by atoms with Crippen LogP contribution in [0.4, 0.5) is 18.9 Å². The van der Waals surface area contributed by atoms with Gasteiger partial charge in [-0.1, -0.05) is 15.9 Å². The molecule has 0 spiro atoms. The number of hydrogen-bond acceptors (Lipinski definition) is 5. The summed E-state index contributed by atoms with van der Waals surface area (Å²) in [5, 5.41) is 9.84. The van der Waals surface area contributed by atoms with Gasteiger partial charge in [0.25, 0.3) is 0 Å². The van der Waals surface area contributed by atoms with E-state index in [2.05, 4.69) is 20.8 Å². The van der Waals surface area contributed by atoms with E-state index in [9.17, 15) is 22.8 Å². The fourth-order valence-corrected chi connectivity index (χ4v) is 5.71. The summed E-state index contributed by atoms with van der Waals surface area (Å²) in [7, 11) is 0. The monoisotopic (exact) mass is 499 g/mol. The second-order valence-corrected chi connectivity index (χ2v) is 9.58. The summed E-state index contributed by atoms with van der Waals surface area (Å²) in [4.78, 5) is 29.8. The van der Waals surface area contributed by atoms with E-state index in [0.717, 1.165) is 29.3 Å².